The minimum Gasteiger partial charge on any atom is -0.462 e. The predicted octanol–water partition coefficient (Wildman–Crippen LogP) is 2.29. The van der Waals surface area contributed by atoms with E-state index in [1.807, 2.05) is 13.0 Å². The highest BCUT2D eigenvalue weighted by atomic mass is 16.5. The van der Waals surface area contributed by atoms with Crippen molar-refractivity contribution < 1.29 is 14.6 Å². The number of hydrogen-bond donors (Lipinski definition) is 1. The van der Waals surface area contributed by atoms with Crippen molar-refractivity contribution in [3.05, 3.63) is 34.9 Å². The van der Waals surface area contributed by atoms with Gasteiger partial charge in [0.15, 0.2) is 0 Å². The third-order valence-electron chi connectivity index (χ3n) is 2.33. The molecular weight excluding hydrogens is 228 g/mol. The fourth-order valence-corrected chi connectivity index (χ4v) is 1.42. The van der Waals surface area contributed by atoms with Crippen LogP contribution in [0, 0.1) is 18.8 Å². The standard InChI is InChI=1S/C15H18O3/c1-5-18-14(16)13-8-6-7-12(11(13)2)9-10-15(3,4)17/h6-8,17H,5H2,1-4H3. The number of ether oxygens (including phenoxy) is 1. The molecule has 0 fully saturated rings. The fourth-order valence-electron chi connectivity index (χ4n) is 1.42. The van der Waals surface area contributed by atoms with Gasteiger partial charge in [0.1, 0.15) is 5.60 Å². The largest absolute Gasteiger partial charge is 0.462 e. The van der Waals surface area contributed by atoms with E-state index in [0.717, 1.165) is 11.1 Å². The molecule has 0 aliphatic heterocycles. The van der Waals surface area contributed by atoms with Gasteiger partial charge in [0.25, 0.3) is 0 Å². The van der Waals surface area contributed by atoms with Gasteiger partial charge < -0.3 is 9.84 Å². The van der Waals surface area contributed by atoms with E-state index in [-0.39, 0.29) is 5.97 Å². The highest BCUT2D eigenvalue weighted by molar-refractivity contribution is 5.91. The monoisotopic (exact) mass is 246 g/mol. The SMILES string of the molecule is CCOC(=O)c1cccc(C#CC(C)(C)O)c1C. The lowest BCUT2D eigenvalue weighted by Crippen LogP contribution is -2.14. The van der Waals surface area contributed by atoms with Gasteiger partial charge in [0.2, 0.25) is 0 Å². The summed E-state index contributed by atoms with van der Waals surface area (Å²) in [5.41, 5.74) is 0.960. The summed E-state index contributed by atoms with van der Waals surface area (Å²) in [4.78, 5) is 11.7. The van der Waals surface area contributed by atoms with Gasteiger partial charge in [-0.3, -0.25) is 0 Å². The fraction of sp³-hybridized carbons (Fsp3) is 0.400. The molecule has 18 heavy (non-hydrogen) atoms. The maximum Gasteiger partial charge on any atom is 0.338 e. The molecule has 3 nitrogen and oxygen atoms in total. The lowest BCUT2D eigenvalue weighted by atomic mass is 10.0. The molecule has 3 heteroatoms. The van der Waals surface area contributed by atoms with Gasteiger partial charge in [-0.2, -0.15) is 0 Å². The molecule has 0 heterocycles. The van der Waals surface area contributed by atoms with Crippen molar-refractivity contribution in [3.63, 3.8) is 0 Å². The van der Waals surface area contributed by atoms with E-state index in [1.54, 1.807) is 32.9 Å². The Hall–Kier alpha value is -1.79. The third kappa shape index (κ3) is 3.90. The Morgan fingerprint density at radius 1 is 1.44 bits per heavy atom. The van der Waals surface area contributed by atoms with E-state index in [4.69, 9.17) is 4.74 Å². The van der Waals surface area contributed by atoms with Crippen molar-refractivity contribution in [2.45, 2.75) is 33.3 Å². The Morgan fingerprint density at radius 2 is 2.11 bits per heavy atom. The zero-order chi connectivity index (χ0) is 13.8. The second kappa shape index (κ2) is 5.70. The van der Waals surface area contributed by atoms with Crippen LogP contribution in [0.3, 0.4) is 0 Å². The van der Waals surface area contributed by atoms with E-state index in [9.17, 15) is 9.90 Å². The molecule has 0 aliphatic carbocycles. The van der Waals surface area contributed by atoms with Crippen molar-refractivity contribution in [1.82, 2.24) is 0 Å². The average molecular weight is 246 g/mol. The topological polar surface area (TPSA) is 46.5 Å². The number of benzene rings is 1. The lowest BCUT2D eigenvalue weighted by Gasteiger charge is -2.08. The molecule has 0 atom stereocenters. The lowest BCUT2D eigenvalue weighted by molar-refractivity contribution is 0.0525. The molecular formula is C15H18O3. The number of aliphatic hydroxyl groups is 1. The first-order valence-corrected chi connectivity index (χ1v) is 5.87. The van der Waals surface area contributed by atoms with Gasteiger partial charge in [0.05, 0.1) is 12.2 Å². The molecule has 1 N–H and O–H groups in total. The molecule has 0 bridgehead atoms. The van der Waals surface area contributed by atoms with E-state index >= 15 is 0 Å². The molecule has 0 unspecified atom stereocenters. The van der Waals surface area contributed by atoms with Gasteiger partial charge in [-0.1, -0.05) is 17.9 Å². The van der Waals surface area contributed by atoms with Crippen LogP contribution in [0.2, 0.25) is 0 Å². The van der Waals surface area contributed by atoms with Gasteiger partial charge >= 0.3 is 5.97 Å². The number of rotatable bonds is 2. The molecule has 0 saturated carbocycles. The van der Waals surface area contributed by atoms with E-state index in [2.05, 4.69) is 11.8 Å². The first-order valence-electron chi connectivity index (χ1n) is 5.87. The molecule has 0 aliphatic rings. The molecule has 1 aromatic rings. The Kier molecular flexibility index (Phi) is 4.52. The number of hydrogen-bond acceptors (Lipinski definition) is 3. The van der Waals surface area contributed by atoms with Crippen molar-refractivity contribution in [1.29, 1.82) is 0 Å². The normalized spacial score (nSPS) is 10.5. The Labute approximate surface area is 108 Å². The second-order valence-electron chi connectivity index (χ2n) is 4.51. The molecule has 96 valence electrons. The molecule has 0 amide bonds. The molecule has 1 aromatic carbocycles. The molecule has 1 rings (SSSR count). The van der Waals surface area contributed by atoms with Gasteiger partial charge in [0, 0.05) is 5.56 Å². The predicted molar refractivity (Wildman–Crippen MR) is 70.3 cm³/mol. The van der Waals surface area contributed by atoms with Gasteiger partial charge in [-0.15, -0.1) is 0 Å². The average Bonchev–Trinajstić information content (AvgIpc) is 2.26. The first kappa shape index (κ1) is 14.3. The van der Waals surface area contributed by atoms with Crippen LogP contribution in [0.4, 0.5) is 0 Å². The molecule has 0 spiro atoms. The maximum absolute atomic E-state index is 11.7. The smallest absolute Gasteiger partial charge is 0.338 e. The summed E-state index contributed by atoms with van der Waals surface area (Å²) in [6.07, 6.45) is 0. The summed E-state index contributed by atoms with van der Waals surface area (Å²) >= 11 is 0. The molecule has 0 aromatic heterocycles. The van der Waals surface area contributed by atoms with Crippen LogP contribution < -0.4 is 0 Å². The van der Waals surface area contributed by atoms with Crippen molar-refractivity contribution in [2.24, 2.45) is 0 Å². The summed E-state index contributed by atoms with van der Waals surface area (Å²) in [5.74, 6) is 5.27. The Balaban J connectivity index is 3.13. The van der Waals surface area contributed by atoms with Crippen LogP contribution >= 0.6 is 0 Å². The van der Waals surface area contributed by atoms with E-state index in [0.29, 0.717) is 12.2 Å². The minimum atomic E-state index is -1.05. The first-order chi connectivity index (χ1) is 8.35. The maximum atomic E-state index is 11.7. The number of esters is 1. The Bertz CT molecular complexity index is 499. The van der Waals surface area contributed by atoms with Gasteiger partial charge in [-0.25, -0.2) is 4.79 Å². The quantitative estimate of drug-likeness (QED) is 0.643. The molecule has 0 radical (unpaired) electrons. The van der Waals surface area contributed by atoms with Crippen LogP contribution in [0.25, 0.3) is 0 Å². The van der Waals surface area contributed by atoms with Crippen LogP contribution in [0.15, 0.2) is 18.2 Å². The van der Waals surface area contributed by atoms with Gasteiger partial charge in [-0.05, 0) is 45.4 Å². The van der Waals surface area contributed by atoms with Crippen LogP contribution in [0.5, 0.6) is 0 Å². The molecule has 0 saturated heterocycles. The number of carbonyl (C=O) groups is 1. The summed E-state index contributed by atoms with van der Waals surface area (Å²) < 4.78 is 4.97. The van der Waals surface area contributed by atoms with Crippen LogP contribution in [0.1, 0.15) is 42.3 Å². The zero-order valence-corrected chi connectivity index (χ0v) is 11.2. The summed E-state index contributed by atoms with van der Waals surface area (Å²) in [6, 6.07) is 5.28. The van der Waals surface area contributed by atoms with Crippen molar-refractivity contribution in [3.8, 4) is 11.8 Å². The number of carbonyl (C=O) groups excluding carboxylic acids is 1. The van der Waals surface area contributed by atoms with Crippen LogP contribution in [-0.4, -0.2) is 23.3 Å². The summed E-state index contributed by atoms with van der Waals surface area (Å²) in [7, 11) is 0. The summed E-state index contributed by atoms with van der Waals surface area (Å²) in [6.45, 7) is 7.17. The zero-order valence-electron chi connectivity index (χ0n) is 11.2. The van der Waals surface area contributed by atoms with Crippen molar-refractivity contribution in [2.75, 3.05) is 6.61 Å². The highest BCUT2D eigenvalue weighted by Crippen LogP contribution is 2.14. The third-order valence-corrected chi connectivity index (χ3v) is 2.33. The van der Waals surface area contributed by atoms with Crippen LogP contribution in [-0.2, 0) is 4.74 Å². The van der Waals surface area contributed by atoms with E-state index in [1.165, 1.54) is 0 Å². The van der Waals surface area contributed by atoms with Crippen molar-refractivity contribution >= 4 is 5.97 Å². The summed E-state index contributed by atoms with van der Waals surface area (Å²) in [5, 5.41) is 9.57. The Morgan fingerprint density at radius 3 is 2.67 bits per heavy atom. The highest BCUT2D eigenvalue weighted by Gasteiger charge is 2.12. The van der Waals surface area contributed by atoms with E-state index < -0.39 is 5.60 Å². The minimum absolute atomic E-state index is 0.345. The second-order valence-corrected chi connectivity index (χ2v) is 4.51.